The molecule has 1 rings (SSSR count). The Morgan fingerprint density at radius 1 is 1.44 bits per heavy atom. The number of nitrogens with one attached hydrogen (secondary N) is 1. The number of rotatable bonds is 4. The van der Waals surface area contributed by atoms with Crippen molar-refractivity contribution in [3.63, 3.8) is 0 Å². The van der Waals surface area contributed by atoms with Crippen LogP contribution in [0.15, 0.2) is 5.16 Å². The second-order valence-corrected chi connectivity index (χ2v) is 5.30. The number of hydrogen-bond acceptors (Lipinski definition) is 3. The summed E-state index contributed by atoms with van der Waals surface area (Å²) in [6.07, 6.45) is 3.79. The van der Waals surface area contributed by atoms with Gasteiger partial charge in [-0.05, 0) is 31.1 Å². The molecule has 1 fully saturated rings. The third-order valence-electron chi connectivity index (χ3n) is 3.93. The smallest absolute Gasteiger partial charge is 0.143 e. The van der Waals surface area contributed by atoms with Crippen molar-refractivity contribution < 1.29 is 5.21 Å². The lowest BCUT2D eigenvalue weighted by molar-refractivity contribution is 0.224. The minimum atomic E-state index is 0.0969. The molecule has 4 nitrogen and oxygen atoms in total. The van der Waals surface area contributed by atoms with Gasteiger partial charge in [-0.25, -0.2) is 0 Å². The summed E-state index contributed by atoms with van der Waals surface area (Å²) >= 11 is 0. The molecule has 0 bridgehead atoms. The van der Waals surface area contributed by atoms with E-state index in [1.807, 2.05) is 6.92 Å². The molecule has 0 aliphatic heterocycles. The van der Waals surface area contributed by atoms with Gasteiger partial charge in [0, 0.05) is 18.5 Å². The highest BCUT2D eigenvalue weighted by molar-refractivity contribution is 5.82. The van der Waals surface area contributed by atoms with E-state index in [-0.39, 0.29) is 5.92 Å². The zero-order valence-corrected chi connectivity index (χ0v) is 10.6. The van der Waals surface area contributed by atoms with E-state index < -0.39 is 0 Å². The van der Waals surface area contributed by atoms with Crippen LogP contribution in [0.4, 0.5) is 0 Å². The quantitative estimate of drug-likeness (QED) is 0.297. The molecule has 0 heterocycles. The first-order valence-corrected chi connectivity index (χ1v) is 6.25. The van der Waals surface area contributed by atoms with E-state index in [2.05, 4.69) is 24.3 Å². The summed E-state index contributed by atoms with van der Waals surface area (Å²) in [5, 5.41) is 15.1. The Labute approximate surface area is 98.3 Å². The molecular formula is C12H25N3O. The van der Waals surface area contributed by atoms with Gasteiger partial charge in [0.25, 0.3) is 0 Å². The van der Waals surface area contributed by atoms with E-state index in [0.29, 0.717) is 11.9 Å². The molecule has 4 unspecified atom stereocenters. The van der Waals surface area contributed by atoms with Crippen molar-refractivity contribution in [2.45, 2.75) is 46.1 Å². The van der Waals surface area contributed by atoms with Crippen LogP contribution in [0.5, 0.6) is 0 Å². The minimum Gasteiger partial charge on any atom is -0.409 e. The lowest BCUT2D eigenvalue weighted by Gasteiger charge is -2.33. The molecule has 0 spiro atoms. The van der Waals surface area contributed by atoms with Gasteiger partial charge in [0.05, 0.1) is 0 Å². The fraction of sp³-hybridized carbons (Fsp3) is 0.917. The summed E-state index contributed by atoms with van der Waals surface area (Å²) in [6.45, 7) is 7.42. The third kappa shape index (κ3) is 3.67. The monoisotopic (exact) mass is 227 g/mol. The minimum absolute atomic E-state index is 0.0969. The molecule has 16 heavy (non-hydrogen) atoms. The first-order valence-electron chi connectivity index (χ1n) is 6.25. The Morgan fingerprint density at radius 2 is 2.12 bits per heavy atom. The molecule has 0 radical (unpaired) electrons. The van der Waals surface area contributed by atoms with Gasteiger partial charge >= 0.3 is 0 Å². The van der Waals surface area contributed by atoms with E-state index in [4.69, 9.17) is 10.9 Å². The summed E-state index contributed by atoms with van der Waals surface area (Å²) in [6, 6.07) is 0.597. The molecule has 4 atom stereocenters. The summed E-state index contributed by atoms with van der Waals surface area (Å²) in [5.74, 6) is 2.05. The third-order valence-corrected chi connectivity index (χ3v) is 3.93. The van der Waals surface area contributed by atoms with E-state index in [1.54, 1.807) is 0 Å². The largest absolute Gasteiger partial charge is 0.409 e. The van der Waals surface area contributed by atoms with Crippen LogP contribution in [0.2, 0.25) is 0 Å². The summed E-state index contributed by atoms with van der Waals surface area (Å²) < 4.78 is 0. The first kappa shape index (κ1) is 13.3. The zero-order chi connectivity index (χ0) is 12.1. The van der Waals surface area contributed by atoms with E-state index in [9.17, 15) is 0 Å². The van der Waals surface area contributed by atoms with Crippen molar-refractivity contribution >= 4 is 5.84 Å². The molecule has 0 amide bonds. The van der Waals surface area contributed by atoms with Crippen LogP contribution in [0, 0.1) is 17.8 Å². The summed E-state index contributed by atoms with van der Waals surface area (Å²) in [5.41, 5.74) is 5.54. The van der Waals surface area contributed by atoms with Gasteiger partial charge in [0.1, 0.15) is 5.84 Å². The lowest BCUT2D eigenvalue weighted by Crippen LogP contribution is -2.40. The molecule has 1 aliphatic rings. The number of hydrogen-bond donors (Lipinski definition) is 3. The van der Waals surface area contributed by atoms with Crippen molar-refractivity contribution in [3.8, 4) is 0 Å². The SMILES string of the molecule is CC(CNC1CCC(C)C(C)C1)C(N)=NO. The van der Waals surface area contributed by atoms with Gasteiger partial charge in [-0.3, -0.25) is 0 Å². The van der Waals surface area contributed by atoms with E-state index in [1.165, 1.54) is 19.3 Å². The van der Waals surface area contributed by atoms with Crippen molar-refractivity contribution in [1.82, 2.24) is 5.32 Å². The first-order chi connectivity index (χ1) is 7.54. The molecule has 0 aromatic carbocycles. The second-order valence-electron chi connectivity index (χ2n) is 5.30. The van der Waals surface area contributed by atoms with Crippen molar-refractivity contribution in [2.75, 3.05) is 6.54 Å². The van der Waals surface area contributed by atoms with Crippen molar-refractivity contribution in [2.24, 2.45) is 28.6 Å². The Morgan fingerprint density at radius 3 is 2.69 bits per heavy atom. The highest BCUT2D eigenvalue weighted by Crippen LogP contribution is 2.29. The van der Waals surface area contributed by atoms with Crippen LogP contribution in [0.25, 0.3) is 0 Å². The van der Waals surface area contributed by atoms with Crippen LogP contribution in [-0.4, -0.2) is 23.6 Å². The molecule has 0 aromatic heterocycles. The number of nitrogens with zero attached hydrogens (tertiary/aromatic N) is 1. The average Bonchev–Trinajstić information content (AvgIpc) is 2.29. The fourth-order valence-electron chi connectivity index (χ4n) is 2.28. The van der Waals surface area contributed by atoms with Gasteiger partial charge in [-0.2, -0.15) is 0 Å². The number of amidine groups is 1. The summed E-state index contributed by atoms with van der Waals surface area (Å²) in [7, 11) is 0. The molecule has 1 saturated carbocycles. The summed E-state index contributed by atoms with van der Waals surface area (Å²) in [4.78, 5) is 0. The highest BCUT2D eigenvalue weighted by atomic mass is 16.4. The highest BCUT2D eigenvalue weighted by Gasteiger charge is 2.24. The lowest BCUT2D eigenvalue weighted by atomic mass is 9.79. The Hall–Kier alpha value is -0.770. The van der Waals surface area contributed by atoms with Gasteiger partial charge in [-0.15, -0.1) is 0 Å². The molecule has 4 N–H and O–H groups in total. The van der Waals surface area contributed by atoms with Crippen molar-refractivity contribution in [3.05, 3.63) is 0 Å². The van der Waals surface area contributed by atoms with Crippen LogP contribution in [-0.2, 0) is 0 Å². The van der Waals surface area contributed by atoms with Crippen LogP contribution >= 0.6 is 0 Å². The number of oxime groups is 1. The predicted molar refractivity (Wildman–Crippen MR) is 66.5 cm³/mol. The van der Waals surface area contributed by atoms with Gasteiger partial charge < -0.3 is 16.3 Å². The maximum Gasteiger partial charge on any atom is 0.143 e. The predicted octanol–water partition coefficient (Wildman–Crippen LogP) is 1.78. The molecule has 4 heteroatoms. The normalized spacial score (nSPS) is 33.7. The topological polar surface area (TPSA) is 70.6 Å². The fourth-order valence-corrected chi connectivity index (χ4v) is 2.28. The van der Waals surface area contributed by atoms with Gasteiger partial charge in [0.15, 0.2) is 0 Å². The van der Waals surface area contributed by atoms with Crippen LogP contribution < -0.4 is 11.1 Å². The molecule has 1 aliphatic carbocycles. The van der Waals surface area contributed by atoms with Gasteiger partial charge in [0.2, 0.25) is 0 Å². The maximum atomic E-state index is 8.55. The Balaban J connectivity index is 2.28. The standard InChI is InChI=1S/C12H25N3O/c1-8-4-5-11(6-9(8)2)14-7-10(3)12(13)15-16/h8-11,14,16H,4-7H2,1-3H3,(H2,13,15). The van der Waals surface area contributed by atoms with E-state index in [0.717, 1.165) is 18.4 Å². The van der Waals surface area contributed by atoms with Crippen LogP contribution in [0.3, 0.4) is 0 Å². The Kier molecular flexibility index (Phi) is 5.06. The average molecular weight is 227 g/mol. The van der Waals surface area contributed by atoms with Crippen molar-refractivity contribution in [1.29, 1.82) is 0 Å². The molecule has 0 saturated heterocycles. The number of nitrogens with two attached hydrogens (primary N) is 1. The van der Waals surface area contributed by atoms with Crippen LogP contribution in [0.1, 0.15) is 40.0 Å². The second kappa shape index (κ2) is 6.09. The zero-order valence-electron chi connectivity index (χ0n) is 10.6. The van der Waals surface area contributed by atoms with Gasteiger partial charge in [-0.1, -0.05) is 25.9 Å². The Bertz CT molecular complexity index is 242. The van der Waals surface area contributed by atoms with E-state index >= 15 is 0 Å². The molecule has 0 aromatic rings. The molecule has 94 valence electrons. The molecular weight excluding hydrogens is 202 g/mol. The maximum absolute atomic E-state index is 8.55.